The molecule has 0 saturated carbocycles. The number of carbonyl (C=O) groups is 1. The zero-order valence-electron chi connectivity index (χ0n) is 15.3. The molecule has 6 nitrogen and oxygen atoms in total. The number of ether oxygens (including phenoxy) is 1. The molecule has 3 aromatic rings. The van der Waals surface area contributed by atoms with Crippen molar-refractivity contribution in [3.05, 3.63) is 90.0 Å². The van der Waals surface area contributed by atoms with Crippen LogP contribution in [0.5, 0.6) is 5.75 Å². The molecule has 0 aromatic heterocycles. The number of anilines is 2. The number of sulfonamides is 1. The zero-order chi connectivity index (χ0) is 20.0. The van der Waals surface area contributed by atoms with Crippen LogP contribution in [0.1, 0.15) is 15.9 Å². The van der Waals surface area contributed by atoms with E-state index in [1.54, 1.807) is 42.5 Å². The normalized spacial score (nSPS) is 10.9. The van der Waals surface area contributed by atoms with Gasteiger partial charge in [0.1, 0.15) is 12.4 Å². The summed E-state index contributed by atoms with van der Waals surface area (Å²) in [4.78, 5) is 12.4. The number of benzene rings is 3. The van der Waals surface area contributed by atoms with Gasteiger partial charge in [0.2, 0.25) is 10.0 Å². The standard InChI is InChI=1S/C21H20N2O4S/c1-28(25,26)23-19-9-5-8-17(14-19)21(24)22-18-10-12-20(13-11-18)27-15-16-6-3-2-4-7-16/h2-14,23H,15H2,1H3,(H,22,24). The Hall–Kier alpha value is -3.32. The van der Waals surface area contributed by atoms with Gasteiger partial charge in [0, 0.05) is 16.9 Å². The molecule has 0 atom stereocenters. The van der Waals surface area contributed by atoms with Crippen LogP contribution < -0.4 is 14.8 Å². The quantitative estimate of drug-likeness (QED) is 0.635. The molecule has 3 rings (SSSR count). The molecule has 0 aliphatic carbocycles. The topological polar surface area (TPSA) is 84.5 Å². The van der Waals surface area contributed by atoms with Crippen LogP contribution in [0.15, 0.2) is 78.9 Å². The minimum atomic E-state index is -3.40. The van der Waals surface area contributed by atoms with Crippen molar-refractivity contribution in [1.29, 1.82) is 0 Å². The molecule has 0 spiro atoms. The lowest BCUT2D eigenvalue weighted by Gasteiger charge is -2.09. The molecular formula is C21H20N2O4S. The average Bonchev–Trinajstić information content (AvgIpc) is 2.67. The Kier molecular flexibility index (Phi) is 5.96. The highest BCUT2D eigenvalue weighted by molar-refractivity contribution is 7.92. The highest BCUT2D eigenvalue weighted by Gasteiger charge is 2.09. The first-order valence-electron chi connectivity index (χ1n) is 8.55. The van der Waals surface area contributed by atoms with Crippen LogP contribution in [0.4, 0.5) is 11.4 Å². The largest absolute Gasteiger partial charge is 0.489 e. The maximum Gasteiger partial charge on any atom is 0.255 e. The Balaban J connectivity index is 1.60. The fourth-order valence-electron chi connectivity index (χ4n) is 2.52. The van der Waals surface area contributed by atoms with E-state index < -0.39 is 10.0 Å². The summed E-state index contributed by atoms with van der Waals surface area (Å²) < 4.78 is 30.7. The molecule has 0 aliphatic rings. The fourth-order valence-corrected chi connectivity index (χ4v) is 3.07. The second kappa shape index (κ2) is 8.58. The van der Waals surface area contributed by atoms with Crippen LogP contribution in [0, 0.1) is 0 Å². The maximum absolute atomic E-state index is 12.4. The highest BCUT2D eigenvalue weighted by Crippen LogP contribution is 2.19. The first kappa shape index (κ1) is 19.4. The molecule has 0 aliphatic heterocycles. The average molecular weight is 396 g/mol. The lowest BCUT2D eigenvalue weighted by atomic mass is 10.2. The van der Waals surface area contributed by atoms with Gasteiger partial charge in [0.25, 0.3) is 5.91 Å². The van der Waals surface area contributed by atoms with Crippen LogP contribution in [0.2, 0.25) is 0 Å². The second-order valence-electron chi connectivity index (χ2n) is 6.21. The zero-order valence-corrected chi connectivity index (χ0v) is 16.1. The van der Waals surface area contributed by atoms with Crippen LogP contribution in [0.3, 0.4) is 0 Å². The van der Waals surface area contributed by atoms with E-state index in [0.717, 1.165) is 11.8 Å². The van der Waals surface area contributed by atoms with Gasteiger partial charge >= 0.3 is 0 Å². The summed E-state index contributed by atoms with van der Waals surface area (Å²) in [5.41, 5.74) is 2.36. The fraction of sp³-hybridized carbons (Fsp3) is 0.0952. The molecular weight excluding hydrogens is 376 g/mol. The van der Waals surface area contributed by atoms with Gasteiger partial charge in [-0.3, -0.25) is 9.52 Å². The minimum absolute atomic E-state index is 0.333. The lowest BCUT2D eigenvalue weighted by molar-refractivity contribution is 0.102. The van der Waals surface area contributed by atoms with Gasteiger partial charge in [-0.2, -0.15) is 0 Å². The van der Waals surface area contributed by atoms with Crippen molar-refractivity contribution in [3.63, 3.8) is 0 Å². The third-order valence-electron chi connectivity index (χ3n) is 3.79. The van der Waals surface area contributed by atoms with E-state index in [9.17, 15) is 13.2 Å². The number of carbonyl (C=O) groups excluding carboxylic acids is 1. The molecule has 28 heavy (non-hydrogen) atoms. The summed E-state index contributed by atoms with van der Waals surface area (Å²) in [7, 11) is -3.40. The SMILES string of the molecule is CS(=O)(=O)Nc1cccc(C(=O)Nc2ccc(OCc3ccccc3)cc2)c1. The van der Waals surface area contributed by atoms with Gasteiger partial charge in [-0.15, -0.1) is 0 Å². The summed E-state index contributed by atoms with van der Waals surface area (Å²) in [5, 5.41) is 2.78. The number of rotatable bonds is 7. The van der Waals surface area contributed by atoms with Crippen molar-refractivity contribution >= 4 is 27.3 Å². The van der Waals surface area contributed by atoms with Crippen molar-refractivity contribution in [2.45, 2.75) is 6.61 Å². The van der Waals surface area contributed by atoms with Gasteiger partial charge in [-0.05, 0) is 48.0 Å². The Morgan fingerprint density at radius 2 is 1.61 bits per heavy atom. The minimum Gasteiger partial charge on any atom is -0.489 e. The molecule has 3 aromatic carbocycles. The van der Waals surface area contributed by atoms with Gasteiger partial charge in [0.05, 0.1) is 6.26 Å². The van der Waals surface area contributed by atoms with E-state index in [1.165, 1.54) is 6.07 Å². The van der Waals surface area contributed by atoms with E-state index in [2.05, 4.69) is 10.0 Å². The molecule has 2 N–H and O–H groups in total. The van der Waals surface area contributed by atoms with Gasteiger partial charge in [0.15, 0.2) is 0 Å². The van der Waals surface area contributed by atoms with Crippen molar-refractivity contribution in [1.82, 2.24) is 0 Å². The van der Waals surface area contributed by atoms with E-state index in [-0.39, 0.29) is 5.91 Å². The molecule has 0 bridgehead atoms. The first-order chi connectivity index (χ1) is 13.4. The van der Waals surface area contributed by atoms with E-state index in [0.29, 0.717) is 29.3 Å². The molecule has 1 amide bonds. The molecule has 144 valence electrons. The summed E-state index contributed by atoms with van der Waals surface area (Å²) in [6.45, 7) is 0.465. The number of amides is 1. The molecule has 7 heteroatoms. The Labute approximate surface area is 164 Å². The smallest absolute Gasteiger partial charge is 0.255 e. The third-order valence-corrected chi connectivity index (χ3v) is 4.40. The second-order valence-corrected chi connectivity index (χ2v) is 7.96. The Morgan fingerprint density at radius 1 is 0.893 bits per heavy atom. The molecule has 0 radical (unpaired) electrons. The maximum atomic E-state index is 12.4. The highest BCUT2D eigenvalue weighted by atomic mass is 32.2. The Bertz CT molecular complexity index is 1050. The van der Waals surface area contributed by atoms with Crippen molar-refractivity contribution in [2.75, 3.05) is 16.3 Å². The van der Waals surface area contributed by atoms with Crippen LogP contribution in [-0.2, 0) is 16.6 Å². The summed E-state index contributed by atoms with van der Waals surface area (Å²) in [6.07, 6.45) is 1.06. The van der Waals surface area contributed by atoms with Crippen molar-refractivity contribution < 1.29 is 17.9 Å². The summed E-state index contributed by atoms with van der Waals surface area (Å²) in [6, 6.07) is 23.2. The lowest BCUT2D eigenvalue weighted by Crippen LogP contribution is -2.13. The predicted molar refractivity (Wildman–Crippen MR) is 110 cm³/mol. The monoisotopic (exact) mass is 396 g/mol. The van der Waals surface area contributed by atoms with Crippen molar-refractivity contribution in [2.24, 2.45) is 0 Å². The number of hydrogen-bond acceptors (Lipinski definition) is 4. The van der Waals surface area contributed by atoms with Gasteiger partial charge < -0.3 is 10.1 Å². The van der Waals surface area contributed by atoms with Crippen molar-refractivity contribution in [3.8, 4) is 5.75 Å². The summed E-state index contributed by atoms with van der Waals surface area (Å²) >= 11 is 0. The Morgan fingerprint density at radius 3 is 2.29 bits per heavy atom. The summed E-state index contributed by atoms with van der Waals surface area (Å²) in [5.74, 6) is 0.358. The molecule has 0 heterocycles. The van der Waals surface area contributed by atoms with Crippen LogP contribution in [-0.4, -0.2) is 20.6 Å². The van der Waals surface area contributed by atoms with Crippen LogP contribution >= 0.6 is 0 Å². The van der Waals surface area contributed by atoms with E-state index in [4.69, 9.17) is 4.74 Å². The molecule has 0 saturated heterocycles. The van der Waals surface area contributed by atoms with Gasteiger partial charge in [-0.1, -0.05) is 36.4 Å². The van der Waals surface area contributed by atoms with Crippen LogP contribution in [0.25, 0.3) is 0 Å². The first-order valence-corrected chi connectivity index (χ1v) is 10.4. The number of nitrogens with one attached hydrogen (secondary N) is 2. The van der Waals surface area contributed by atoms with E-state index in [1.807, 2.05) is 30.3 Å². The van der Waals surface area contributed by atoms with Gasteiger partial charge in [-0.25, -0.2) is 8.42 Å². The van der Waals surface area contributed by atoms with E-state index >= 15 is 0 Å². The molecule has 0 fully saturated rings. The predicted octanol–water partition coefficient (Wildman–Crippen LogP) is 3.89. The number of hydrogen-bond donors (Lipinski definition) is 2. The third kappa shape index (κ3) is 5.85. The molecule has 0 unspecified atom stereocenters.